The normalized spacial score (nSPS) is 17.0. The third-order valence-electron chi connectivity index (χ3n) is 4.35. The van der Waals surface area contributed by atoms with Crippen LogP contribution in [0.4, 0.5) is 8.78 Å². The number of fused-ring (bicyclic) bond motifs is 1. The standard InChI is InChI=1S/C19H17F2N3O2S/c1-11(17-12(20)6-5-7-13(17)21)27-19-23-22-18(24(19)2)16-10-25-14-8-3-4-9-15(14)26-16/h3-9,11,16H,10H2,1-2H3. The Morgan fingerprint density at radius 1 is 1.07 bits per heavy atom. The molecule has 1 aliphatic rings. The second-order valence-corrected chi connectivity index (χ2v) is 7.47. The molecule has 0 N–H and O–H groups in total. The maximum Gasteiger partial charge on any atom is 0.192 e. The van der Waals surface area contributed by atoms with Crippen LogP contribution in [0.15, 0.2) is 47.6 Å². The fraction of sp³-hybridized carbons (Fsp3) is 0.263. The van der Waals surface area contributed by atoms with E-state index >= 15 is 0 Å². The van der Waals surface area contributed by atoms with Crippen LogP contribution in [-0.2, 0) is 7.05 Å². The van der Waals surface area contributed by atoms with Crippen LogP contribution in [0.25, 0.3) is 0 Å². The van der Waals surface area contributed by atoms with E-state index < -0.39 is 23.0 Å². The first-order valence-corrected chi connectivity index (χ1v) is 9.31. The minimum atomic E-state index is -0.571. The lowest BCUT2D eigenvalue weighted by Gasteiger charge is -2.25. The van der Waals surface area contributed by atoms with Gasteiger partial charge in [0.25, 0.3) is 0 Å². The molecule has 1 aromatic heterocycles. The van der Waals surface area contributed by atoms with Crippen molar-refractivity contribution in [2.45, 2.75) is 23.4 Å². The summed E-state index contributed by atoms with van der Waals surface area (Å²) in [5.41, 5.74) is 0.0261. The summed E-state index contributed by atoms with van der Waals surface area (Å²) < 4.78 is 41.5. The number of rotatable bonds is 4. The van der Waals surface area contributed by atoms with Crippen molar-refractivity contribution >= 4 is 11.8 Å². The Morgan fingerprint density at radius 3 is 2.52 bits per heavy atom. The zero-order valence-corrected chi connectivity index (χ0v) is 15.5. The van der Waals surface area contributed by atoms with Gasteiger partial charge < -0.3 is 14.0 Å². The molecule has 3 aromatic rings. The molecule has 1 aliphatic heterocycles. The van der Waals surface area contributed by atoms with Crippen LogP contribution in [0.5, 0.6) is 11.5 Å². The van der Waals surface area contributed by atoms with Crippen LogP contribution in [0.3, 0.4) is 0 Å². The molecule has 0 saturated carbocycles. The predicted molar refractivity (Wildman–Crippen MR) is 96.9 cm³/mol. The van der Waals surface area contributed by atoms with E-state index in [1.165, 1.54) is 30.0 Å². The van der Waals surface area contributed by atoms with Gasteiger partial charge in [0.15, 0.2) is 28.6 Å². The van der Waals surface area contributed by atoms with Crippen molar-refractivity contribution in [3.8, 4) is 11.5 Å². The Morgan fingerprint density at radius 2 is 1.78 bits per heavy atom. The van der Waals surface area contributed by atoms with Gasteiger partial charge in [-0.25, -0.2) is 8.78 Å². The minimum absolute atomic E-state index is 0.0261. The number of benzene rings is 2. The number of ether oxygens (including phenoxy) is 2. The van der Waals surface area contributed by atoms with Crippen molar-refractivity contribution in [3.63, 3.8) is 0 Å². The van der Waals surface area contributed by atoms with Crippen LogP contribution in [0.1, 0.15) is 29.7 Å². The lowest BCUT2D eigenvalue weighted by atomic mass is 10.1. The smallest absolute Gasteiger partial charge is 0.192 e. The van der Waals surface area contributed by atoms with Gasteiger partial charge in [-0.05, 0) is 31.2 Å². The van der Waals surface area contributed by atoms with Crippen LogP contribution in [0.2, 0.25) is 0 Å². The Labute approximate surface area is 159 Å². The van der Waals surface area contributed by atoms with E-state index in [0.717, 1.165) is 0 Å². The molecule has 8 heteroatoms. The first-order valence-electron chi connectivity index (χ1n) is 8.43. The van der Waals surface area contributed by atoms with Crippen LogP contribution in [0, 0.1) is 11.6 Å². The average Bonchev–Trinajstić information content (AvgIpc) is 3.01. The Balaban J connectivity index is 1.55. The molecule has 0 bridgehead atoms. The predicted octanol–water partition coefficient (Wildman–Crippen LogP) is 4.46. The number of halogens is 2. The number of thioether (sulfide) groups is 1. The van der Waals surface area contributed by atoms with Crippen molar-refractivity contribution in [1.82, 2.24) is 14.8 Å². The SMILES string of the molecule is CC(Sc1nnc(C2COc3ccccc3O2)n1C)c1c(F)cccc1F. The first-order chi connectivity index (χ1) is 13.0. The lowest BCUT2D eigenvalue weighted by Crippen LogP contribution is -2.24. The number of para-hydroxylation sites is 2. The molecule has 0 saturated heterocycles. The van der Waals surface area contributed by atoms with Gasteiger partial charge in [-0.2, -0.15) is 0 Å². The summed E-state index contributed by atoms with van der Waals surface area (Å²) in [4.78, 5) is 0. The highest BCUT2D eigenvalue weighted by atomic mass is 32.2. The number of hydrogen-bond acceptors (Lipinski definition) is 5. The highest BCUT2D eigenvalue weighted by Gasteiger charge is 2.28. The van der Waals surface area contributed by atoms with E-state index in [2.05, 4.69) is 10.2 Å². The third kappa shape index (κ3) is 3.37. The average molecular weight is 389 g/mol. The summed E-state index contributed by atoms with van der Waals surface area (Å²) in [6.07, 6.45) is -0.410. The van der Waals surface area contributed by atoms with Crippen molar-refractivity contribution in [1.29, 1.82) is 0 Å². The summed E-state index contributed by atoms with van der Waals surface area (Å²) in [5, 5.41) is 8.45. The van der Waals surface area contributed by atoms with Gasteiger partial charge in [-0.15, -0.1) is 10.2 Å². The zero-order valence-electron chi connectivity index (χ0n) is 14.7. The molecule has 0 radical (unpaired) electrons. The number of nitrogens with zero attached hydrogens (tertiary/aromatic N) is 3. The molecule has 4 rings (SSSR count). The maximum absolute atomic E-state index is 14.0. The largest absolute Gasteiger partial charge is 0.485 e. The fourth-order valence-corrected chi connectivity index (χ4v) is 3.97. The second-order valence-electron chi connectivity index (χ2n) is 6.16. The van der Waals surface area contributed by atoms with Gasteiger partial charge in [0.05, 0.1) is 0 Å². The van der Waals surface area contributed by atoms with Crippen LogP contribution < -0.4 is 9.47 Å². The van der Waals surface area contributed by atoms with Crippen molar-refractivity contribution in [3.05, 3.63) is 65.5 Å². The highest BCUT2D eigenvalue weighted by Crippen LogP contribution is 2.39. The van der Waals surface area contributed by atoms with Gasteiger partial charge in [0.1, 0.15) is 18.2 Å². The molecule has 2 unspecified atom stereocenters. The third-order valence-corrected chi connectivity index (χ3v) is 5.51. The molecule has 5 nitrogen and oxygen atoms in total. The minimum Gasteiger partial charge on any atom is -0.485 e. The summed E-state index contributed by atoms with van der Waals surface area (Å²) in [6, 6.07) is 11.3. The Hall–Kier alpha value is -2.61. The van der Waals surface area contributed by atoms with E-state index in [9.17, 15) is 8.78 Å². The van der Waals surface area contributed by atoms with Crippen molar-refractivity contribution in [2.24, 2.45) is 7.05 Å². The second kappa shape index (κ2) is 7.19. The van der Waals surface area contributed by atoms with Crippen LogP contribution >= 0.6 is 11.8 Å². The molecule has 0 aliphatic carbocycles. The van der Waals surface area contributed by atoms with E-state index in [4.69, 9.17) is 9.47 Å². The highest BCUT2D eigenvalue weighted by molar-refractivity contribution is 7.99. The molecule has 27 heavy (non-hydrogen) atoms. The van der Waals surface area contributed by atoms with E-state index in [1.807, 2.05) is 24.3 Å². The van der Waals surface area contributed by atoms with Gasteiger partial charge >= 0.3 is 0 Å². The summed E-state index contributed by atoms with van der Waals surface area (Å²) in [5.74, 6) is 0.783. The van der Waals surface area contributed by atoms with Crippen LogP contribution in [-0.4, -0.2) is 21.4 Å². The summed E-state index contributed by atoms with van der Waals surface area (Å²) in [6.45, 7) is 2.04. The molecule has 2 atom stereocenters. The maximum atomic E-state index is 14.0. The van der Waals surface area contributed by atoms with Crippen molar-refractivity contribution < 1.29 is 18.3 Å². The Bertz CT molecular complexity index is 959. The molecule has 2 aromatic carbocycles. The summed E-state index contributed by atoms with van der Waals surface area (Å²) in [7, 11) is 1.80. The van der Waals surface area contributed by atoms with Gasteiger partial charge in [0.2, 0.25) is 0 Å². The van der Waals surface area contributed by atoms with E-state index in [1.54, 1.807) is 18.5 Å². The fourth-order valence-electron chi connectivity index (χ4n) is 2.97. The Kier molecular flexibility index (Phi) is 4.73. The molecular weight excluding hydrogens is 372 g/mol. The van der Waals surface area contributed by atoms with E-state index in [0.29, 0.717) is 29.1 Å². The molecule has 0 fully saturated rings. The van der Waals surface area contributed by atoms with Crippen molar-refractivity contribution in [2.75, 3.05) is 6.61 Å². The number of aromatic nitrogens is 3. The molecule has 2 heterocycles. The van der Waals surface area contributed by atoms with Gasteiger partial charge in [0, 0.05) is 17.9 Å². The quantitative estimate of drug-likeness (QED) is 0.617. The molecule has 140 valence electrons. The molecule has 0 amide bonds. The lowest BCUT2D eigenvalue weighted by molar-refractivity contribution is 0.0825. The topological polar surface area (TPSA) is 49.2 Å². The number of hydrogen-bond donors (Lipinski definition) is 0. The van der Waals surface area contributed by atoms with Gasteiger partial charge in [-0.3, -0.25) is 0 Å². The summed E-state index contributed by atoms with van der Waals surface area (Å²) >= 11 is 1.24. The molecular formula is C19H17F2N3O2S. The zero-order chi connectivity index (χ0) is 19.0. The van der Waals surface area contributed by atoms with E-state index in [-0.39, 0.29) is 5.56 Å². The molecule has 0 spiro atoms. The monoisotopic (exact) mass is 389 g/mol. The first kappa shape index (κ1) is 17.8. The van der Waals surface area contributed by atoms with Gasteiger partial charge in [-0.1, -0.05) is 30.0 Å².